The Labute approximate surface area is 159 Å². The smallest absolute Gasteiger partial charge is 0.205 e. The minimum atomic E-state index is 0.720. The first-order chi connectivity index (χ1) is 13.3. The van der Waals surface area contributed by atoms with Gasteiger partial charge in [0.2, 0.25) is 5.95 Å². The Bertz CT molecular complexity index is 1180. The van der Waals surface area contributed by atoms with E-state index in [0.29, 0.717) is 0 Å². The number of nitrogens with zero attached hydrogens (tertiary/aromatic N) is 3. The Hall–Kier alpha value is -3.51. The summed E-state index contributed by atoms with van der Waals surface area (Å²) in [5.41, 5.74) is 6.28. The third-order valence-electron chi connectivity index (χ3n) is 4.32. The average molecular weight is 369 g/mol. The predicted molar refractivity (Wildman–Crippen MR) is 110 cm³/mol. The molecule has 0 saturated carbocycles. The van der Waals surface area contributed by atoms with E-state index in [2.05, 4.69) is 49.5 Å². The SMILES string of the molecule is c1cc(-c2ccc(Nc3nc4ccc(-c5nccs5)cc4[nH]3)cc2)ccn1. The predicted octanol–water partition coefficient (Wildman–Crippen LogP) is 5.49. The monoisotopic (exact) mass is 369 g/mol. The number of hydrogen-bond acceptors (Lipinski definition) is 5. The molecule has 0 unspecified atom stereocenters. The van der Waals surface area contributed by atoms with Crippen molar-refractivity contribution in [3.63, 3.8) is 0 Å². The fourth-order valence-corrected chi connectivity index (χ4v) is 3.63. The maximum absolute atomic E-state index is 4.62. The van der Waals surface area contributed by atoms with E-state index in [1.54, 1.807) is 23.7 Å². The summed E-state index contributed by atoms with van der Waals surface area (Å²) in [6, 6.07) is 18.4. The molecule has 2 aromatic carbocycles. The number of H-pyrrole nitrogens is 1. The van der Waals surface area contributed by atoms with Crippen LogP contribution in [0.3, 0.4) is 0 Å². The maximum Gasteiger partial charge on any atom is 0.205 e. The quantitative estimate of drug-likeness (QED) is 0.439. The van der Waals surface area contributed by atoms with Gasteiger partial charge in [-0.25, -0.2) is 9.97 Å². The standard InChI is InChI=1S/C21H15N5S/c1-4-17(5-2-14(1)15-7-9-22-10-8-15)24-21-25-18-6-3-16(13-19(18)26-21)20-23-11-12-27-20/h1-13H,(H2,24,25,26). The Morgan fingerprint density at radius 2 is 1.59 bits per heavy atom. The Morgan fingerprint density at radius 1 is 0.815 bits per heavy atom. The van der Waals surface area contributed by atoms with Crippen molar-refractivity contribution in [1.29, 1.82) is 0 Å². The van der Waals surface area contributed by atoms with Crippen molar-refractivity contribution in [3.05, 3.63) is 78.6 Å². The lowest BCUT2D eigenvalue weighted by molar-refractivity contribution is 1.31. The van der Waals surface area contributed by atoms with Gasteiger partial charge >= 0.3 is 0 Å². The molecule has 5 rings (SSSR count). The second kappa shape index (κ2) is 6.66. The molecule has 0 aliphatic rings. The fourth-order valence-electron chi connectivity index (χ4n) is 2.99. The number of aromatic nitrogens is 4. The highest BCUT2D eigenvalue weighted by Crippen LogP contribution is 2.27. The molecule has 0 bridgehead atoms. The van der Waals surface area contributed by atoms with Gasteiger partial charge < -0.3 is 10.3 Å². The van der Waals surface area contributed by atoms with E-state index in [-0.39, 0.29) is 0 Å². The molecule has 5 aromatic rings. The summed E-state index contributed by atoms with van der Waals surface area (Å²) < 4.78 is 0. The van der Waals surface area contributed by atoms with Gasteiger partial charge in [0.05, 0.1) is 11.0 Å². The van der Waals surface area contributed by atoms with Gasteiger partial charge in [0.15, 0.2) is 0 Å². The molecule has 130 valence electrons. The molecule has 0 radical (unpaired) electrons. The minimum Gasteiger partial charge on any atom is -0.326 e. The molecule has 0 fully saturated rings. The molecule has 0 atom stereocenters. The lowest BCUT2D eigenvalue weighted by Crippen LogP contribution is -1.91. The Balaban J connectivity index is 1.39. The molecule has 6 heteroatoms. The molecule has 3 heterocycles. The topological polar surface area (TPSA) is 66.5 Å². The number of rotatable bonds is 4. The van der Waals surface area contributed by atoms with Gasteiger partial charge in [-0.2, -0.15) is 0 Å². The van der Waals surface area contributed by atoms with Crippen LogP contribution in [-0.4, -0.2) is 19.9 Å². The van der Waals surface area contributed by atoms with E-state index < -0.39 is 0 Å². The average Bonchev–Trinajstić information content (AvgIpc) is 3.38. The van der Waals surface area contributed by atoms with Crippen LogP contribution in [0, 0.1) is 0 Å². The molecule has 0 aliphatic carbocycles. The summed E-state index contributed by atoms with van der Waals surface area (Å²) in [6.45, 7) is 0. The number of aromatic amines is 1. The lowest BCUT2D eigenvalue weighted by atomic mass is 10.1. The van der Waals surface area contributed by atoms with Gasteiger partial charge in [-0.15, -0.1) is 11.3 Å². The van der Waals surface area contributed by atoms with Gasteiger partial charge in [-0.3, -0.25) is 4.98 Å². The van der Waals surface area contributed by atoms with Crippen molar-refractivity contribution < 1.29 is 0 Å². The number of nitrogens with one attached hydrogen (secondary N) is 2. The van der Waals surface area contributed by atoms with Gasteiger partial charge in [0.1, 0.15) is 5.01 Å². The molecular weight excluding hydrogens is 354 g/mol. The minimum absolute atomic E-state index is 0.720. The molecule has 27 heavy (non-hydrogen) atoms. The number of benzene rings is 2. The number of imidazole rings is 1. The van der Waals surface area contributed by atoms with E-state index in [9.17, 15) is 0 Å². The largest absolute Gasteiger partial charge is 0.326 e. The summed E-state index contributed by atoms with van der Waals surface area (Å²) in [4.78, 5) is 16.4. The molecule has 0 amide bonds. The highest BCUT2D eigenvalue weighted by atomic mass is 32.1. The molecule has 0 saturated heterocycles. The molecule has 0 aliphatic heterocycles. The van der Waals surface area contributed by atoms with Gasteiger partial charge in [-0.1, -0.05) is 12.1 Å². The van der Waals surface area contributed by atoms with E-state index in [0.717, 1.165) is 44.4 Å². The second-order valence-electron chi connectivity index (χ2n) is 6.09. The summed E-state index contributed by atoms with van der Waals surface area (Å²) in [5.74, 6) is 0.720. The number of hydrogen-bond donors (Lipinski definition) is 2. The van der Waals surface area contributed by atoms with Crippen LogP contribution in [0.4, 0.5) is 11.6 Å². The Morgan fingerprint density at radius 3 is 2.37 bits per heavy atom. The van der Waals surface area contributed by atoms with E-state index in [4.69, 9.17) is 0 Å². The normalized spacial score (nSPS) is 11.0. The number of thiazole rings is 1. The number of fused-ring (bicyclic) bond motifs is 1. The van der Waals surface area contributed by atoms with E-state index >= 15 is 0 Å². The van der Waals surface area contributed by atoms with E-state index in [1.807, 2.05) is 41.9 Å². The molecule has 0 spiro atoms. The van der Waals surface area contributed by atoms with Crippen LogP contribution in [0.25, 0.3) is 32.7 Å². The fraction of sp³-hybridized carbons (Fsp3) is 0. The van der Waals surface area contributed by atoms with Crippen molar-refractivity contribution in [2.45, 2.75) is 0 Å². The van der Waals surface area contributed by atoms with Crippen LogP contribution < -0.4 is 5.32 Å². The van der Waals surface area contributed by atoms with Crippen molar-refractivity contribution >= 4 is 34.0 Å². The van der Waals surface area contributed by atoms with Crippen molar-refractivity contribution in [3.8, 4) is 21.7 Å². The van der Waals surface area contributed by atoms with E-state index in [1.165, 1.54) is 0 Å². The first-order valence-electron chi connectivity index (χ1n) is 8.52. The summed E-state index contributed by atoms with van der Waals surface area (Å²) in [5, 5.41) is 6.32. The van der Waals surface area contributed by atoms with Crippen LogP contribution in [0.15, 0.2) is 78.6 Å². The third kappa shape index (κ3) is 3.18. The third-order valence-corrected chi connectivity index (χ3v) is 5.14. The molecule has 2 N–H and O–H groups in total. The van der Waals surface area contributed by atoms with Crippen molar-refractivity contribution in [1.82, 2.24) is 19.9 Å². The Kier molecular flexibility index (Phi) is 3.88. The first kappa shape index (κ1) is 15.7. The lowest BCUT2D eigenvalue weighted by Gasteiger charge is -2.05. The maximum atomic E-state index is 4.62. The molecule has 5 nitrogen and oxygen atoms in total. The zero-order valence-corrected chi connectivity index (χ0v) is 15.1. The highest BCUT2D eigenvalue weighted by molar-refractivity contribution is 7.13. The van der Waals surface area contributed by atoms with Crippen LogP contribution in [-0.2, 0) is 0 Å². The van der Waals surface area contributed by atoms with Crippen molar-refractivity contribution in [2.24, 2.45) is 0 Å². The summed E-state index contributed by atoms with van der Waals surface area (Å²) in [7, 11) is 0. The number of anilines is 2. The number of pyridine rings is 1. The first-order valence-corrected chi connectivity index (χ1v) is 9.40. The zero-order chi connectivity index (χ0) is 18.1. The van der Waals surface area contributed by atoms with Crippen LogP contribution in [0.1, 0.15) is 0 Å². The van der Waals surface area contributed by atoms with Gasteiger partial charge in [0.25, 0.3) is 0 Å². The highest BCUT2D eigenvalue weighted by Gasteiger charge is 2.07. The van der Waals surface area contributed by atoms with Gasteiger partial charge in [0, 0.05) is 35.2 Å². The summed E-state index contributed by atoms with van der Waals surface area (Å²) in [6.07, 6.45) is 5.42. The molecule has 3 aromatic heterocycles. The van der Waals surface area contributed by atoms with Crippen LogP contribution in [0.5, 0.6) is 0 Å². The van der Waals surface area contributed by atoms with Crippen LogP contribution in [0.2, 0.25) is 0 Å². The zero-order valence-electron chi connectivity index (χ0n) is 14.3. The van der Waals surface area contributed by atoms with Crippen LogP contribution >= 0.6 is 11.3 Å². The van der Waals surface area contributed by atoms with Crippen molar-refractivity contribution in [2.75, 3.05) is 5.32 Å². The second-order valence-corrected chi connectivity index (χ2v) is 6.99. The van der Waals surface area contributed by atoms with Gasteiger partial charge in [-0.05, 0) is 53.6 Å². The molecular formula is C21H15N5S. The summed E-state index contributed by atoms with van der Waals surface area (Å²) >= 11 is 1.63.